The second-order valence-corrected chi connectivity index (χ2v) is 8.70. The number of benzene rings is 2. The molecule has 0 aliphatic carbocycles. The maximum Gasteiger partial charge on any atom is 0.243 e. The molecule has 0 saturated carbocycles. The fraction of sp³-hybridized carbons (Fsp3) is 0.217. The normalized spacial score (nSPS) is 11.7. The molecule has 1 unspecified atom stereocenters. The van der Waals surface area contributed by atoms with Crippen molar-refractivity contribution in [1.82, 2.24) is 15.3 Å². The number of ether oxygens (including phenoxy) is 1. The molecule has 3 aromatic rings. The molecule has 10 heteroatoms. The summed E-state index contributed by atoms with van der Waals surface area (Å²) in [5.74, 6) is -0.173. The van der Waals surface area contributed by atoms with Crippen LogP contribution in [0.1, 0.15) is 23.2 Å². The summed E-state index contributed by atoms with van der Waals surface area (Å²) in [5, 5.41) is 28.4. The molecule has 1 heterocycles. The van der Waals surface area contributed by atoms with E-state index in [1.807, 2.05) is 19.2 Å². The number of nitrogens with two attached hydrogens (primary N) is 1. The lowest BCUT2D eigenvalue weighted by Gasteiger charge is -2.12. The van der Waals surface area contributed by atoms with Gasteiger partial charge in [0.25, 0.3) is 0 Å². The van der Waals surface area contributed by atoms with Crippen LogP contribution in [0.15, 0.2) is 59.6 Å². The quantitative estimate of drug-likeness (QED) is 0.183. The molecule has 2 aromatic carbocycles. The number of rotatable bonds is 9. The van der Waals surface area contributed by atoms with E-state index < -0.39 is 11.2 Å². The van der Waals surface area contributed by atoms with Crippen molar-refractivity contribution < 1.29 is 14.4 Å². The zero-order valence-electron chi connectivity index (χ0n) is 18.2. The van der Waals surface area contributed by atoms with Gasteiger partial charge in [-0.2, -0.15) is 0 Å². The third-order valence-electron chi connectivity index (χ3n) is 4.72. The smallest absolute Gasteiger partial charge is 0.243 e. The van der Waals surface area contributed by atoms with E-state index in [1.54, 1.807) is 36.4 Å². The van der Waals surface area contributed by atoms with Crippen molar-refractivity contribution in [1.29, 1.82) is 10.8 Å². The van der Waals surface area contributed by atoms with Gasteiger partial charge >= 0.3 is 0 Å². The van der Waals surface area contributed by atoms with Crippen LogP contribution in [-0.4, -0.2) is 50.8 Å². The van der Waals surface area contributed by atoms with Crippen LogP contribution in [0.2, 0.25) is 0 Å². The Balaban J connectivity index is 1.74. The number of nitrogens with zero attached hydrogens (tertiary/aromatic N) is 2. The molecule has 0 spiro atoms. The van der Waals surface area contributed by atoms with E-state index in [9.17, 15) is 4.55 Å². The van der Waals surface area contributed by atoms with Gasteiger partial charge in [0, 0.05) is 30.7 Å². The third kappa shape index (κ3) is 6.36. The van der Waals surface area contributed by atoms with E-state index in [4.69, 9.17) is 26.4 Å². The summed E-state index contributed by atoms with van der Waals surface area (Å²) in [4.78, 5) is 9.17. The Labute approximate surface area is 195 Å². The summed E-state index contributed by atoms with van der Waals surface area (Å²) in [6, 6.07) is 14.2. The van der Waals surface area contributed by atoms with Gasteiger partial charge in [0.05, 0.1) is 11.9 Å². The van der Waals surface area contributed by atoms with E-state index in [2.05, 4.69) is 15.3 Å². The second-order valence-electron chi connectivity index (χ2n) is 7.13. The number of nitrogens with one attached hydrogen (secondary N) is 3. The lowest BCUT2D eigenvalue weighted by molar-refractivity contribution is 0.295. The Bertz CT molecular complexity index is 1110. The van der Waals surface area contributed by atoms with Gasteiger partial charge in [-0.25, -0.2) is 9.97 Å². The third-order valence-corrected chi connectivity index (χ3v) is 6.18. The van der Waals surface area contributed by atoms with Gasteiger partial charge in [-0.05, 0) is 60.2 Å². The van der Waals surface area contributed by atoms with Crippen LogP contribution in [0.3, 0.4) is 0 Å². The van der Waals surface area contributed by atoms with Gasteiger partial charge in [-0.3, -0.25) is 10.8 Å². The van der Waals surface area contributed by atoms with E-state index in [-0.39, 0.29) is 29.9 Å². The zero-order valence-corrected chi connectivity index (χ0v) is 19.0. The van der Waals surface area contributed by atoms with Crippen LogP contribution < -0.4 is 11.1 Å². The highest BCUT2D eigenvalue weighted by atomic mass is 32.2. The molecular weight excluding hydrogens is 440 g/mol. The molecular formula is C23H26N6O3S. The average Bonchev–Trinajstić information content (AvgIpc) is 2.83. The summed E-state index contributed by atoms with van der Waals surface area (Å²) in [5.41, 5.74) is 8.69. The molecule has 3 rings (SSSR count). The molecule has 172 valence electrons. The Morgan fingerprint density at radius 1 is 1.12 bits per heavy atom. The van der Waals surface area contributed by atoms with Gasteiger partial charge in [0.15, 0.2) is 16.4 Å². The van der Waals surface area contributed by atoms with E-state index in [1.165, 1.54) is 6.20 Å². The topological polar surface area (TPSA) is 164 Å². The summed E-state index contributed by atoms with van der Waals surface area (Å²) >= 11 is -1.19. The first-order chi connectivity index (χ1) is 15.9. The number of nitrogen functional groups attached to an aromatic ring is 1. The van der Waals surface area contributed by atoms with Gasteiger partial charge < -0.3 is 25.4 Å². The minimum absolute atomic E-state index is 0.000759. The van der Waals surface area contributed by atoms with Crippen LogP contribution in [0.25, 0.3) is 11.3 Å². The number of hydrogen-bond donors (Lipinski definition) is 5. The first kappa shape index (κ1) is 24.3. The maximum absolute atomic E-state index is 12.2. The lowest BCUT2D eigenvalue weighted by Crippen LogP contribution is -2.17. The molecule has 1 atom stereocenters. The molecule has 0 aliphatic rings. The molecule has 0 saturated heterocycles. The Kier molecular flexibility index (Phi) is 8.50. The van der Waals surface area contributed by atoms with E-state index >= 15 is 0 Å². The van der Waals surface area contributed by atoms with Crippen molar-refractivity contribution in [2.24, 2.45) is 0 Å². The Hall–Kier alpha value is -3.31. The highest BCUT2D eigenvalue weighted by molar-refractivity contribution is 7.91. The number of aliphatic hydroxyl groups is 1. The summed E-state index contributed by atoms with van der Waals surface area (Å²) in [7, 11) is 1.86. The van der Waals surface area contributed by atoms with Crippen LogP contribution in [0.5, 0.6) is 0 Å². The van der Waals surface area contributed by atoms with E-state index in [0.717, 1.165) is 5.56 Å². The lowest BCUT2D eigenvalue weighted by atomic mass is 10.1. The predicted octanol–water partition coefficient (Wildman–Crippen LogP) is 2.30. The average molecular weight is 467 g/mol. The van der Waals surface area contributed by atoms with Gasteiger partial charge in [0.1, 0.15) is 5.75 Å². The van der Waals surface area contributed by atoms with Gasteiger partial charge in [0.2, 0.25) is 11.8 Å². The predicted molar refractivity (Wildman–Crippen MR) is 129 cm³/mol. The van der Waals surface area contributed by atoms with Crippen LogP contribution in [0, 0.1) is 10.8 Å². The molecule has 0 radical (unpaired) electrons. The molecule has 1 aromatic heterocycles. The van der Waals surface area contributed by atoms with E-state index in [0.29, 0.717) is 40.4 Å². The monoisotopic (exact) mass is 466 g/mol. The SMILES string of the molecule is CNCc1ccc(C(=N)OC(=N)c2nc(-c3ccc([S+]([O-])CCCO)cc3)cnc2N)cc1. The van der Waals surface area contributed by atoms with Crippen LogP contribution in [0.4, 0.5) is 5.82 Å². The molecule has 0 amide bonds. The van der Waals surface area contributed by atoms with Gasteiger partial charge in [-0.1, -0.05) is 12.1 Å². The minimum Gasteiger partial charge on any atom is -0.611 e. The molecule has 9 nitrogen and oxygen atoms in total. The first-order valence-electron chi connectivity index (χ1n) is 10.2. The molecule has 33 heavy (non-hydrogen) atoms. The van der Waals surface area contributed by atoms with Crippen molar-refractivity contribution in [2.75, 3.05) is 25.1 Å². The highest BCUT2D eigenvalue weighted by Gasteiger charge is 2.17. The standard InChI is InChI=1S/C23H26N6O3S/c1-27-13-15-3-5-17(6-4-15)22(25)32-23(26)20-21(24)28-14-19(29-20)16-7-9-18(10-8-16)33(31)12-2-11-30/h3-10,14,25-27,30H,2,11-13H2,1H3,(H2,24,28). The fourth-order valence-corrected chi connectivity index (χ4v) is 4.05. The summed E-state index contributed by atoms with van der Waals surface area (Å²) in [6.07, 6.45) is 1.95. The number of aliphatic hydroxyl groups excluding tert-OH is 1. The number of hydrogen-bond acceptors (Lipinski definition) is 9. The van der Waals surface area contributed by atoms with Crippen LogP contribution >= 0.6 is 0 Å². The molecule has 0 bridgehead atoms. The highest BCUT2D eigenvalue weighted by Crippen LogP contribution is 2.22. The molecule has 6 N–H and O–H groups in total. The first-order valence-corrected chi connectivity index (χ1v) is 11.6. The number of anilines is 1. The summed E-state index contributed by atoms with van der Waals surface area (Å²) in [6.45, 7) is 0.712. The van der Waals surface area contributed by atoms with Crippen molar-refractivity contribution >= 4 is 28.8 Å². The minimum atomic E-state index is -1.19. The van der Waals surface area contributed by atoms with Crippen molar-refractivity contribution in [2.45, 2.75) is 17.9 Å². The van der Waals surface area contributed by atoms with Gasteiger partial charge in [-0.15, -0.1) is 0 Å². The number of aromatic nitrogens is 2. The maximum atomic E-state index is 12.2. The zero-order chi connectivity index (χ0) is 23.8. The molecule has 0 aliphatic heterocycles. The largest absolute Gasteiger partial charge is 0.611 e. The van der Waals surface area contributed by atoms with Crippen LogP contribution in [-0.2, 0) is 22.5 Å². The Morgan fingerprint density at radius 3 is 2.45 bits per heavy atom. The second kappa shape index (κ2) is 11.5. The van der Waals surface area contributed by atoms with Crippen molar-refractivity contribution in [3.63, 3.8) is 0 Å². The molecule has 0 fully saturated rings. The van der Waals surface area contributed by atoms with Crippen molar-refractivity contribution in [3.8, 4) is 11.3 Å². The Morgan fingerprint density at radius 2 is 1.82 bits per heavy atom. The van der Waals surface area contributed by atoms with Crippen molar-refractivity contribution in [3.05, 3.63) is 71.5 Å². The fourth-order valence-electron chi connectivity index (χ4n) is 2.98. The summed E-state index contributed by atoms with van der Waals surface area (Å²) < 4.78 is 17.6.